The summed E-state index contributed by atoms with van der Waals surface area (Å²) < 4.78 is 10.6. The number of fused-ring (bicyclic) bond motifs is 1. The van der Waals surface area contributed by atoms with Gasteiger partial charge in [-0.1, -0.05) is 48.0 Å². The zero-order valence-corrected chi connectivity index (χ0v) is 20.5. The zero-order valence-electron chi connectivity index (χ0n) is 19.8. The smallest absolute Gasteiger partial charge is 0.276 e. The summed E-state index contributed by atoms with van der Waals surface area (Å²) in [4.78, 5) is 13.7. The number of rotatable bonds is 5. The number of hydrogen-bond acceptors (Lipinski definition) is 4. The monoisotopic (exact) mass is 486 g/mol. The molecule has 3 aromatic carbocycles. The molecule has 0 spiro atoms. The van der Waals surface area contributed by atoms with E-state index in [1.807, 2.05) is 60.7 Å². The third-order valence-corrected chi connectivity index (χ3v) is 7.06. The van der Waals surface area contributed by atoms with E-state index in [2.05, 4.69) is 6.08 Å². The van der Waals surface area contributed by atoms with Crippen LogP contribution in [0.5, 0.6) is 11.5 Å². The Morgan fingerprint density at radius 1 is 0.971 bits per heavy atom. The summed E-state index contributed by atoms with van der Waals surface area (Å²) in [7, 11) is 3.31. The summed E-state index contributed by atoms with van der Waals surface area (Å²) in [6.07, 6.45) is 5.10. The van der Waals surface area contributed by atoms with Gasteiger partial charge in [0.1, 0.15) is 11.5 Å². The highest BCUT2D eigenvalue weighted by Gasteiger charge is 2.44. The Bertz CT molecular complexity index is 1280. The Hall–Kier alpha value is -3.57. The van der Waals surface area contributed by atoms with Gasteiger partial charge in [0, 0.05) is 5.92 Å². The van der Waals surface area contributed by atoms with Crippen molar-refractivity contribution in [3.63, 3.8) is 0 Å². The highest BCUT2D eigenvalue weighted by Crippen LogP contribution is 2.45. The Morgan fingerprint density at radius 3 is 2.29 bits per heavy atom. The summed E-state index contributed by atoms with van der Waals surface area (Å²) in [6, 6.07) is 22.8. The zero-order chi connectivity index (χ0) is 24.4. The second kappa shape index (κ2) is 9.96. The Kier molecular flexibility index (Phi) is 6.60. The molecule has 5 rings (SSSR count). The van der Waals surface area contributed by atoms with Crippen LogP contribution in [-0.2, 0) is 0 Å². The Labute approximate surface area is 210 Å². The molecule has 2 atom stereocenters. The van der Waals surface area contributed by atoms with Gasteiger partial charge in [0.15, 0.2) is 0 Å². The molecule has 0 N–H and O–H groups in total. The summed E-state index contributed by atoms with van der Waals surface area (Å²) in [6.45, 7) is 0. The molecule has 1 amide bonds. The Balaban J connectivity index is 1.56. The molecule has 0 bridgehead atoms. The van der Waals surface area contributed by atoms with Crippen LogP contribution in [0, 0.1) is 5.92 Å². The van der Waals surface area contributed by atoms with Crippen LogP contribution in [0.15, 0.2) is 83.5 Å². The van der Waals surface area contributed by atoms with Crippen LogP contribution in [0.4, 0.5) is 0 Å². The molecule has 1 aliphatic carbocycles. The van der Waals surface area contributed by atoms with Gasteiger partial charge in [-0.05, 0) is 78.4 Å². The van der Waals surface area contributed by atoms with Crippen LogP contribution < -0.4 is 9.47 Å². The molecule has 6 heteroatoms. The number of carbonyl (C=O) groups is 1. The van der Waals surface area contributed by atoms with Crippen LogP contribution >= 0.6 is 11.6 Å². The van der Waals surface area contributed by atoms with E-state index in [9.17, 15) is 4.79 Å². The van der Waals surface area contributed by atoms with Crippen LogP contribution in [0.1, 0.15) is 46.8 Å². The molecule has 5 nitrogen and oxygen atoms in total. The average Bonchev–Trinajstić information content (AvgIpc) is 3.30. The van der Waals surface area contributed by atoms with Gasteiger partial charge in [-0.3, -0.25) is 4.79 Å². The van der Waals surface area contributed by atoms with E-state index in [1.165, 1.54) is 5.57 Å². The quantitative estimate of drug-likeness (QED) is 0.398. The van der Waals surface area contributed by atoms with Crippen LogP contribution in [-0.4, -0.2) is 30.8 Å². The van der Waals surface area contributed by atoms with Crippen LogP contribution in [0.25, 0.3) is 6.08 Å². The maximum Gasteiger partial charge on any atom is 0.276 e. The van der Waals surface area contributed by atoms with E-state index < -0.39 is 0 Å². The third-order valence-electron chi connectivity index (χ3n) is 6.73. The maximum atomic E-state index is 13.7. The lowest BCUT2D eigenvalue weighted by atomic mass is 9.77. The lowest BCUT2D eigenvalue weighted by molar-refractivity contribution is 0.0681. The minimum Gasteiger partial charge on any atom is -0.497 e. The van der Waals surface area contributed by atoms with Crippen molar-refractivity contribution in [1.29, 1.82) is 0 Å². The standard InChI is InChI=1S/C29H27ClN2O3/c1-34-22-14-10-19(11-15-22)18-21-6-5-8-25-27(21)31-32(29(33)24-7-3-4-9-26(24)30)28(25)20-12-16-23(35-2)17-13-20/h3-4,7,9-18,25,28H,5-6,8H2,1-2H3/b21-18-/t25-,28+/m1/s1. The summed E-state index contributed by atoms with van der Waals surface area (Å²) >= 11 is 6.41. The summed E-state index contributed by atoms with van der Waals surface area (Å²) in [5.74, 6) is 1.51. The summed E-state index contributed by atoms with van der Waals surface area (Å²) in [5.41, 5.74) is 4.71. The van der Waals surface area contributed by atoms with Crippen LogP contribution in [0.3, 0.4) is 0 Å². The molecular weight excluding hydrogens is 460 g/mol. The number of methoxy groups -OCH3 is 2. The average molecular weight is 487 g/mol. The Morgan fingerprint density at radius 2 is 1.63 bits per heavy atom. The molecular formula is C29H27ClN2O3. The number of carbonyl (C=O) groups excluding carboxylic acids is 1. The van der Waals surface area contributed by atoms with E-state index in [-0.39, 0.29) is 17.9 Å². The second-order valence-electron chi connectivity index (χ2n) is 8.77. The molecule has 1 fully saturated rings. The second-order valence-corrected chi connectivity index (χ2v) is 9.18. The highest BCUT2D eigenvalue weighted by atomic mass is 35.5. The van der Waals surface area contributed by atoms with E-state index in [1.54, 1.807) is 31.4 Å². The molecule has 0 unspecified atom stereocenters. The van der Waals surface area contributed by atoms with Crippen molar-refractivity contribution in [3.05, 3.63) is 100 Å². The molecule has 2 aliphatic rings. The molecule has 1 heterocycles. The number of hydrogen-bond donors (Lipinski definition) is 0. The molecule has 3 aromatic rings. The van der Waals surface area contributed by atoms with Gasteiger partial charge >= 0.3 is 0 Å². The van der Waals surface area contributed by atoms with Crippen molar-refractivity contribution < 1.29 is 14.3 Å². The van der Waals surface area contributed by atoms with Crippen molar-refractivity contribution in [2.45, 2.75) is 25.3 Å². The van der Waals surface area contributed by atoms with Crippen molar-refractivity contribution >= 4 is 29.3 Å². The number of nitrogens with zero attached hydrogens (tertiary/aromatic N) is 2. The first kappa shape index (κ1) is 23.2. The predicted molar refractivity (Wildman–Crippen MR) is 139 cm³/mol. The largest absolute Gasteiger partial charge is 0.497 e. The van der Waals surface area contributed by atoms with E-state index in [0.29, 0.717) is 10.6 Å². The summed E-state index contributed by atoms with van der Waals surface area (Å²) in [5, 5.41) is 7.02. The number of hydrazone groups is 1. The van der Waals surface area contributed by atoms with Crippen molar-refractivity contribution in [1.82, 2.24) is 5.01 Å². The normalized spacial score (nSPS) is 20.4. The van der Waals surface area contributed by atoms with Crippen LogP contribution in [0.2, 0.25) is 5.02 Å². The fourth-order valence-corrected chi connectivity index (χ4v) is 5.18. The number of halogens is 1. The fourth-order valence-electron chi connectivity index (χ4n) is 4.96. The van der Waals surface area contributed by atoms with Crippen molar-refractivity contribution in [2.75, 3.05) is 14.2 Å². The van der Waals surface area contributed by atoms with E-state index >= 15 is 0 Å². The number of ether oxygens (including phenoxy) is 2. The first-order valence-electron chi connectivity index (χ1n) is 11.7. The lowest BCUT2D eigenvalue weighted by Gasteiger charge is -2.30. The molecule has 1 aliphatic heterocycles. The molecule has 35 heavy (non-hydrogen) atoms. The first-order chi connectivity index (χ1) is 17.1. The topological polar surface area (TPSA) is 51.1 Å². The van der Waals surface area contributed by atoms with E-state index in [0.717, 1.165) is 47.6 Å². The SMILES string of the molecule is COc1ccc(/C=C2/CCC[C@@H]3C2=NN(C(=O)c2ccccc2Cl)[C@H]3c2ccc(OC)cc2)cc1. The first-order valence-corrected chi connectivity index (χ1v) is 12.1. The van der Waals surface area contributed by atoms with Crippen molar-refractivity contribution in [3.8, 4) is 11.5 Å². The molecule has 0 aromatic heterocycles. The van der Waals surface area contributed by atoms with Gasteiger partial charge in [-0.2, -0.15) is 5.10 Å². The number of benzene rings is 3. The van der Waals surface area contributed by atoms with Crippen molar-refractivity contribution in [2.24, 2.45) is 11.0 Å². The molecule has 1 saturated carbocycles. The van der Waals surface area contributed by atoms with Gasteiger partial charge in [-0.15, -0.1) is 0 Å². The maximum absolute atomic E-state index is 13.7. The highest BCUT2D eigenvalue weighted by molar-refractivity contribution is 6.33. The molecule has 0 saturated heterocycles. The van der Waals surface area contributed by atoms with Gasteiger partial charge in [0.05, 0.1) is 36.6 Å². The van der Waals surface area contributed by atoms with Gasteiger partial charge in [0.2, 0.25) is 0 Å². The van der Waals surface area contributed by atoms with Gasteiger partial charge < -0.3 is 9.47 Å². The minimum atomic E-state index is -0.209. The molecule has 0 radical (unpaired) electrons. The fraction of sp³-hybridized carbons (Fsp3) is 0.241. The minimum absolute atomic E-state index is 0.105. The van der Waals surface area contributed by atoms with E-state index in [4.69, 9.17) is 26.2 Å². The predicted octanol–water partition coefficient (Wildman–Crippen LogP) is 6.79. The lowest BCUT2D eigenvalue weighted by Crippen LogP contribution is -2.32. The van der Waals surface area contributed by atoms with Gasteiger partial charge in [0.25, 0.3) is 5.91 Å². The number of allylic oxidation sites excluding steroid dienone is 1. The molecule has 178 valence electrons. The number of amides is 1. The van der Waals surface area contributed by atoms with Gasteiger partial charge in [-0.25, -0.2) is 5.01 Å². The third kappa shape index (κ3) is 4.56.